The van der Waals surface area contributed by atoms with Crippen LogP contribution in [0.2, 0.25) is 0 Å². The number of amides is 1. The van der Waals surface area contributed by atoms with Crippen molar-refractivity contribution in [2.45, 2.75) is 45.6 Å². The Labute approximate surface area is 187 Å². The minimum Gasteiger partial charge on any atom is -0.491 e. The van der Waals surface area contributed by atoms with Gasteiger partial charge in [-0.3, -0.25) is 9.59 Å². The van der Waals surface area contributed by atoms with Gasteiger partial charge >= 0.3 is 0 Å². The standard InChI is InChI=1S/C25H28N2O3S/c1-17(2)30-20-9-5-7-18(15-20)25(29)19-8-6-14-27(16-19)24(28)13-12-23-26-21-10-3-4-11-22(21)31-23/h3-5,7,9-11,15,17,19H,6,8,12-14,16H2,1-2H3. The number of ketones is 1. The van der Waals surface area contributed by atoms with Gasteiger partial charge in [-0.15, -0.1) is 11.3 Å². The number of benzene rings is 2. The fourth-order valence-electron chi connectivity index (χ4n) is 4.05. The number of hydrogen-bond acceptors (Lipinski definition) is 5. The first-order chi connectivity index (χ1) is 15.0. The van der Waals surface area contributed by atoms with Crippen LogP contribution in [-0.4, -0.2) is 40.8 Å². The number of carbonyl (C=O) groups excluding carboxylic acids is 2. The van der Waals surface area contributed by atoms with E-state index in [0.717, 1.165) is 34.6 Å². The van der Waals surface area contributed by atoms with Crippen molar-refractivity contribution in [3.63, 3.8) is 0 Å². The van der Waals surface area contributed by atoms with Crippen LogP contribution in [0.25, 0.3) is 10.2 Å². The number of fused-ring (bicyclic) bond motifs is 1. The highest BCUT2D eigenvalue weighted by atomic mass is 32.1. The molecule has 1 atom stereocenters. The molecule has 1 unspecified atom stereocenters. The van der Waals surface area contributed by atoms with Crippen molar-refractivity contribution >= 4 is 33.2 Å². The second-order valence-electron chi connectivity index (χ2n) is 8.31. The highest BCUT2D eigenvalue weighted by Gasteiger charge is 2.29. The van der Waals surface area contributed by atoms with Gasteiger partial charge in [0, 0.05) is 37.4 Å². The van der Waals surface area contributed by atoms with E-state index in [9.17, 15) is 9.59 Å². The molecule has 0 radical (unpaired) electrons. The molecule has 0 spiro atoms. The number of aromatic nitrogens is 1. The summed E-state index contributed by atoms with van der Waals surface area (Å²) < 4.78 is 6.88. The molecule has 0 saturated carbocycles. The molecular formula is C25H28N2O3S. The maximum absolute atomic E-state index is 13.1. The van der Waals surface area contributed by atoms with Gasteiger partial charge in [0.25, 0.3) is 0 Å². The quantitative estimate of drug-likeness (QED) is 0.481. The molecule has 1 fully saturated rings. The average Bonchev–Trinajstić information content (AvgIpc) is 3.20. The Bertz CT molecular complexity index is 1040. The molecule has 5 nitrogen and oxygen atoms in total. The Morgan fingerprint density at radius 1 is 1.19 bits per heavy atom. The van der Waals surface area contributed by atoms with Crippen LogP contribution >= 0.6 is 11.3 Å². The van der Waals surface area contributed by atoms with E-state index in [4.69, 9.17) is 4.74 Å². The third kappa shape index (κ3) is 5.31. The lowest BCUT2D eigenvalue weighted by atomic mass is 9.89. The lowest BCUT2D eigenvalue weighted by Gasteiger charge is -2.32. The molecule has 3 aromatic rings. The van der Waals surface area contributed by atoms with Gasteiger partial charge in [-0.1, -0.05) is 24.3 Å². The van der Waals surface area contributed by atoms with Crippen molar-refractivity contribution in [1.29, 1.82) is 0 Å². The minimum atomic E-state index is -0.158. The third-order valence-corrected chi connectivity index (χ3v) is 6.62. The van der Waals surface area contributed by atoms with Gasteiger partial charge in [-0.25, -0.2) is 4.98 Å². The summed E-state index contributed by atoms with van der Waals surface area (Å²) in [6, 6.07) is 15.4. The summed E-state index contributed by atoms with van der Waals surface area (Å²) in [4.78, 5) is 32.4. The highest BCUT2D eigenvalue weighted by molar-refractivity contribution is 7.18. The van der Waals surface area contributed by atoms with Crippen LogP contribution in [0, 0.1) is 5.92 Å². The molecule has 1 aromatic heterocycles. The maximum atomic E-state index is 13.1. The second-order valence-corrected chi connectivity index (χ2v) is 9.43. The molecule has 162 valence electrons. The number of nitrogens with zero attached hydrogens (tertiary/aromatic N) is 2. The number of rotatable bonds is 7. The average molecular weight is 437 g/mol. The van der Waals surface area contributed by atoms with Crippen molar-refractivity contribution in [1.82, 2.24) is 9.88 Å². The molecule has 1 amide bonds. The van der Waals surface area contributed by atoms with Crippen molar-refractivity contribution in [3.8, 4) is 5.75 Å². The predicted octanol–water partition coefficient (Wildman–Crippen LogP) is 5.14. The van der Waals surface area contributed by atoms with Gasteiger partial charge in [-0.05, 0) is 51.0 Å². The van der Waals surface area contributed by atoms with E-state index >= 15 is 0 Å². The number of aryl methyl sites for hydroxylation is 1. The fraction of sp³-hybridized carbons (Fsp3) is 0.400. The van der Waals surface area contributed by atoms with Crippen LogP contribution in [-0.2, 0) is 11.2 Å². The third-order valence-electron chi connectivity index (χ3n) is 5.53. The van der Waals surface area contributed by atoms with E-state index < -0.39 is 0 Å². The normalized spacial score (nSPS) is 16.6. The van der Waals surface area contributed by atoms with Gasteiger partial charge in [0.05, 0.1) is 21.3 Å². The van der Waals surface area contributed by atoms with Crippen LogP contribution in [0.5, 0.6) is 5.75 Å². The Morgan fingerprint density at radius 2 is 2.03 bits per heavy atom. The zero-order valence-corrected chi connectivity index (χ0v) is 18.9. The first-order valence-electron chi connectivity index (χ1n) is 10.9. The van der Waals surface area contributed by atoms with E-state index in [1.807, 2.05) is 61.2 Å². The monoisotopic (exact) mass is 436 g/mol. The summed E-state index contributed by atoms with van der Waals surface area (Å²) in [7, 11) is 0. The Hall–Kier alpha value is -2.73. The van der Waals surface area contributed by atoms with Crippen molar-refractivity contribution < 1.29 is 14.3 Å². The molecule has 6 heteroatoms. The first-order valence-corrected chi connectivity index (χ1v) is 11.7. The molecule has 0 aliphatic carbocycles. The Kier molecular flexibility index (Phi) is 6.66. The van der Waals surface area contributed by atoms with E-state index in [-0.39, 0.29) is 23.7 Å². The van der Waals surface area contributed by atoms with E-state index in [1.54, 1.807) is 11.3 Å². The van der Waals surface area contributed by atoms with E-state index in [1.165, 1.54) is 0 Å². The lowest BCUT2D eigenvalue weighted by molar-refractivity contribution is -0.132. The number of carbonyl (C=O) groups is 2. The van der Waals surface area contributed by atoms with Crippen LogP contribution in [0.1, 0.15) is 48.5 Å². The fourth-order valence-corrected chi connectivity index (χ4v) is 5.01. The smallest absolute Gasteiger partial charge is 0.223 e. The minimum absolute atomic E-state index is 0.0589. The number of hydrogen-bond donors (Lipinski definition) is 0. The SMILES string of the molecule is CC(C)Oc1cccc(C(=O)C2CCCN(C(=O)CCc3nc4ccccc4s3)C2)c1. The summed E-state index contributed by atoms with van der Waals surface area (Å²) in [6.07, 6.45) is 2.80. The molecule has 0 N–H and O–H groups in total. The number of thiazole rings is 1. The van der Waals surface area contributed by atoms with Gasteiger partial charge in [-0.2, -0.15) is 0 Å². The highest BCUT2D eigenvalue weighted by Crippen LogP contribution is 2.25. The van der Waals surface area contributed by atoms with Crippen LogP contribution in [0.15, 0.2) is 48.5 Å². The van der Waals surface area contributed by atoms with Gasteiger partial charge in [0.2, 0.25) is 5.91 Å². The number of ether oxygens (including phenoxy) is 1. The topological polar surface area (TPSA) is 59.5 Å². The van der Waals surface area contributed by atoms with Crippen LogP contribution in [0.3, 0.4) is 0 Å². The van der Waals surface area contributed by atoms with Crippen molar-refractivity contribution in [3.05, 3.63) is 59.1 Å². The number of piperidine rings is 1. The second kappa shape index (κ2) is 9.60. The number of likely N-dealkylation sites (tertiary alicyclic amines) is 1. The van der Waals surface area contributed by atoms with Crippen LogP contribution < -0.4 is 4.74 Å². The zero-order chi connectivity index (χ0) is 21.8. The molecular weight excluding hydrogens is 408 g/mol. The van der Waals surface area contributed by atoms with Crippen molar-refractivity contribution in [2.24, 2.45) is 5.92 Å². The molecule has 0 bridgehead atoms. The molecule has 1 saturated heterocycles. The number of para-hydroxylation sites is 1. The summed E-state index contributed by atoms with van der Waals surface area (Å²) in [5.41, 5.74) is 1.65. The first kappa shape index (κ1) is 21.5. The van der Waals surface area contributed by atoms with E-state index in [0.29, 0.717) is 30.7 Å². The molecule has 31 heavy (non-hydrogen) atoms. The summed E-state index contributed by atoms with van der Waals surface area (Å²) >= 11 is 1.65. The summed E-state index contributed by atoms with van der Waals surface area (Å²) in [5.74, 6) is 0.751. The van der Waals surface area contributed by atoms with Crippen molar-refractivity contribution in [2.75, 3.05) is 13.1 Å². The van der Waals surface area contributed by atoms with Gasteiger partial charge < -0.3 is 9.64 Å². The Morgan fingerprint density at radius 3 is 2.84 bits per heavy atom. The Balaban J connectivity index is 1.36. The van der Waals surface area contributed by atoms with Gasteiger partial charge in [0.1, 0.15) is 5.75 Å². The lowest BCUT2D eigenvalue weighted by Crippen LogP contribution is -2.42. The molecule has 2 heterocycles. The molecule has 1 aliphatic heterocycles. The molecule has 2 aromatic carbocycles. The summed E-state index contributed by atoms with van der Waals surface area (Å²) in [6.45, 7) is 5.15. The van der Waals surface area contributed by atoms with Gasteiger partial charge in [0.15, 0.2) is 5.78 Å². The van der Waals surface area contributed by atoms with Crippen LogP contribution in [0.4, 0.5) is 0 Å². The zero-order valence-electron chi connectivity index (χ0n) is 18.0. The largest absolute Gasteiger partial charge is 0.491 e. The maximum Gasteiger partial charge on any atom is 0.223 e. The summed E-state index contributed by atoms with van der Waals surface area (Å²) in [5, 5.41) is 0.987. The molecule has 1 aliphatic rings. The number of Topliss-reactive ketones (excluding diaryl/α,β-unsaturated/α-hetero) is 1. The van der Waals surface area contributed by atoms with E-state index in [2.05, 4.69) is 11.1 Å². The predicted molar refractivity (Wildman–Crippen MR) is 124 cm³/mol. The molecule has 4 rings (SSSR count).